The van der Waals surface area contributed by atoms with E-state index < -0.39 is 11.8 Å². The van der Waals surface area contributed by atoms with E-state index in [1.165, 1.54) is 24.3 Å². The molecule has 0 saturated heterocycles. The molecule has 0 fully saturated rings. The van der Waals surface area contributed by atoms with Crippen molar-refractivity contribution in [3.63, 3.8) is 0 Å². The molecular formula is C14H9FN2O2. The SMILES string of the molecule is N#Cc1ccc(Nc2ccc(C(=O)O)cc2)c(F)c1. The number of anilines is 2. The lowest BCUT2D eigenvalue weighted by atomic mass is 10.2. The minimum atomic E-state index is -1.02. The number of rotatable bonds is 3. The van der Waals surface area contributed by atoms with Crippen LogP contribution >= 0.6 is 0 Å². The number of nitrogens with one attached hydrogen (secondary N) is 1. The summed E-state index contributed by atoms with van der Waals surface area (Å²) < 4.78 is 13.6. The smallest absolute Gasteiger partial charge is 0.335 e. The molecule has 0 spiro atoms. The molecule has 0 aliphatic heterocycles. The highest BCUT2D eigenvalue weighted by molar-refractivity contribution is 5.88. The number of benzene rings is 2. The number of carboxylic acid groups (broad SMARTS) is 1. The van der Waals surface area contributed by atoms with Crippen molar-refractivity contribution in [1.29, 1.82) is 5.26 Å². The van der Waals surface area contributed by atoms with Crippen LogP contribution in [0.15, 0.2) is 42.5 Å². The molecule has 0 bridgehead atoms. The normalized spacial score (nSPS) is 9.68. The quantitative estimate of drug-likeness (QED) is 0.884. The number of carboxylic acids is 1. The van der Waals surface area contributed by atoms with E-state index in [0.29, 0.717) is 5.69 Å². The van der Waals surface area contributed by atoms with Crippen LogP contribution in [0.2, 0.25) is 0 Å². The Kier molecular flexibility index (Phi) is 3.44. The fourth-order valence-electron chi connectivity index (χ4n) is 1.54. The average Bonchev–Trinajstić information content (AvgIpc) is 2.41. The summed E-state index contributed by atoms with van der Waals surface area (Å²) in [6.07, 6.45) is 0. The van der Waals surface area contributed by atoms with Crippen LogP contribution < -0.4 is 5.32 Å². The number of nitrogens with zero attached hydrogens (tertiary/aromatic N) is 1. The van der Waals surface area contributed by atoms with Crippen molar-refractivity contribution in [2.45, 2.75) is 0 Å². The Morgan fingerprint density at radius 3 is 2.42 bits per heavy atom. The van der Waals surface area contributed by atoms with Crippen LogP contribution in [0.4, 0.5) is 15.8 Å². The molecule has 2 aromatic carbocycles. The average molecular weight is 256 g/mol. The molecule has 0 unspecified atom stereocenters. The van der Waals surface area contributed by atoms with Crippen molar-refractivity contribution in [3.05, 3.63) is 59.4 Å². The van der Waals surface area contributed by atoms with Gasteiger partial charge in [0.05, 0.1) is 22.9 Å². The van der Waals surface area contributed by atoms with Gasteiger partial charge in [-0.1, -0.05) is 0 Å². The Morgan fingerprint density at radius 1 is 1.21 bits per heavy atom. The summed E-state index contributed by atoms with van der Waals surface area (Å²) in [5.41, 5.74) is 1.19. The van der Waals surface area contributed by atoms with Gasteiger partial charge in [-0.3, -0.25) is 0 Å². The van der Waals surface area contributed by atoms with Crippen molar-refractivity contribution in [2.24, 2.45) is 0 Å². The molecule has 0 radical (unpaired) electrons. The molecule has 19 heavy (non-hydrogen) atoms. The number of aromatic carboxylic acids is 1. The van der Waals surface area contributed by atoms with Crippen molar-refractivity contribution in [2.75, 3.05) is 5.32 Å². The van der Waals surface area contributed by atoms with E-state index in [9.17, 15) is 9.18 Å². The summed E-state index contributed by atoms with van der Waals surface area (Å²) in [7, 11) is 0. The van der Waals surface area contributed by atoms with E-state index in [1.54, 1.807) is 12.1 Å². The summed E-state index contributed by atoms with van der Waals surface area (Å²) >= 11 is 0. The Balaban J connectivity index is 2.22. The molecule has 0 heterocycles. The maximum atomic E-state index is 13.6. The van der Waals surface area contributed by atoms with Crippen LogP contribution in [0.25, 0.3) is 0 Å². The van der Waals surface area contributed by atoms with Crippen LogP contribution in [0.5, 0.6) is 0 Å². The number of hydrogen-bond acceptors (Lipinski definition) is 3. The molecule has 0 aliphatic rings. The highest BCUT2D eigenvalue weighted by Crippen LogP contribution is 2.21. The van der Waals surface area contributed by atoms with E-state index in [-0.39, 0.29) is 16.8 Å². The second-order valence-corrected chi connectivity index (χ2v) is 3.81. The lowest BCUT2D eigenvalue weighted by molar-refractivity contribution is 0.0697. The minimum Gasteiger partial charge on any atom is -0.478 e. The van der Waals surface area contributed by atoms with E-state index in [1.807, 2.05) is 6.07 Å². The summed E-state index contributed by atoms with van der Waals surface area (Å²) in [4.78, 5) is 10.7. The van der Waals surface area contributed by atoms with Gasteiger partial charge in [-0.25, -0.2) is 9.18 Å². The largest absolute Gasteiger partial charge is 0.478 e. The van der Waals surface area contributed by atoms with Crippen LogP contribution in [0.1, 0.15) is 15.9 Å². The fourth-order valence-corrected chi connectivity index (χ4v) is 1.54. The van der Waals surface area contributed by atoms with Gasteiger partial charge in [-0.15, -0.1) is 0 Å². The predicted molar refractivity (Wildman–Crippen MR) is 67.8 cm³/mol. The van der Waals surface area contributed by atoms with E-state index in [2.05, 4.69) is 5.32 Å². The number of carbonyl (C=O) groups is 1. The first kappa shape index (κ1) is 12.6. The van der Waals surface area contributed by atoms with Gasteiger partial charge in [0.15, 0.2) is 0 Å². The monoisotopic (exact) mass is 256 g/mol. The van der Waals surface area contributed by atoms with Gasteiger partial charge in [0.1, 0.15) is 5.82 Å². The third-order valence-electron chi connectivity index (χ3n) is 2.51. The van der Waals surface area contributed by atoms with Crippen LogP contribution in [0.3, 0.4) is 0 Å². The standard InChI is InChI=1S/C14H9FN2O2/c15-12-7-9(8-16)1-6-13(12)17-11-4-2-10(3-5-11)14(18)19/h1-7,17H,(H,18,19). The van der Waals surface area contributed by atoms with Gasteiger partial charge in [-0.05, 0) is 42.5 Å². The molecule has 0 amide bonds. The number of hydrogen-bond donors (Lipinski definition) is 2. The lowest BCUT2D eigenvalue weighted by Gasteiger charge is -2.07. The summed E-state index contributed by atoms with van der Waals surface area (Å²) in [5, 5.41) is 20.2. The maximum Gasteiger partial charge on any atom is 0.335 e. The topological polar surface area (TPSA) is 73.1 Å². The molecule has 5 heteroatoms. The molecule has 4 nitrogen and oxygen atoms in total. The van der Waals surface area contributed by atoms with E-state index in [4.69, 9.17) is 10.4 Å². The molecule has 0 aromatic heterocycles. The second kappa shape index (κ2) is 5.19. The Labute approximate surface area is 108 Å². The van der Waals surface area contributed by atoms with Crippen molar-refractivity contribution in [3.8, 4) is 6.07 Å². The molecular weight excluding hydrogens is 247 g/mol. The predicted octanol–water partition coefficient (Wildman–Crippen LogP) is 3.14. The second-order valence-electron chi connectivity index (χ2n) is 3.81. The molecule has 2 rings (SSSR count). The Hall–Kier alpha value is -2.87. The van der Waals surface area contributed by atoms with Gasteiger partial charge < -0.3 is 10.4 Å². The molecule has 2 N–H and O–H groups in total. The molecule has 94 valence electrons. The highest BCUT2D eigenvalue weighted by Gasteiger charge is 2.05. The van der Waals surface area contributed by atoms with E-state index in [0.717, 1.165) is 6.07 Å². The van der Waals surface area contributed by atoms with Gasteiger partial charge >= 0.3 is 5.97 Å². The zero-order valence-corrected chi connectivity index (χ0v) is 9.72. The number of nitriles is 1. The maximum absolute atomic E-state index is 13.6. The summed E-state index contributed by atoms with van der Waals surface area (Å²) in [6, 6.07) is 11.9. The Morgan fingerprint density at radius 2 is 1.89 bits per heavy atom. The third-order valence-corrected chi connectivity index (χ3v) is 2.51. The lowest BCUT2D eigenvalue weighted by Crippen LogP contribution is -1.97. The zero-order chi connectivity index (χ0) is 13.8. The van der Waals surface area contributed by atoms with Gasteiger partial charge in [-0.2, -0.15) is 5.26 Å². The zero-order valence-electron chi connectivity index (χ0n) is 9.72. The first-order valence-electron chi connectivity index (χ1n) is 5.40. The van der Waals surface area contributed by atoms with Crippen LogP contribution in [-0.4, -0.2) is 11.1 Å². The highest BCUT2D eigenvalue weighted by atomic mass is 19.1. The Bertz CT molecular complexity index is 660. The summed E-state index contributed by atoms with van der Waals surface area (Å²) in [6.45, 7) is 0. The van der Waals surface area contributed by atoms with Gasteiger partial charge in [0, 0.05) is 5.69 Å². The summed E-state index contributed by atoms with van der Waals surface area (Å²) in [5.74, 6) is -1.56. The van der Waals surface area contributed by atoms with Crippen molar-refractivity contribution < 1.29 is 14.3 Å². The third kappa shape index (κ3) is 2.87. The van der Waals surface area contributed by atoms with Crippen molar-refractivity contribution >= 4 is 17.3 Å². The molecule has 0 saturated carbocycles. The minimum absolute atomic E-state index is 0.158. The first-order valence-corrected chi connectivity index (χ1v) is 5.40. The van der Waals surface area contributed by atoms with Crippen LogP contribution in [0, 0.1) is 17.1 Å². The van der Waals surface area contributed by atoms with Crippen LogP contribution in [-0.2, 0) is 0 Å². The molecule has 0 atom stereocenters. The molecule has 0 aliphatic carbocycles. The van der Waals surface area contributed by atoms with Gasteiger partial charge in [0.2, 0.25) is 0 Å². The van der Waals surface area contributed by atoms with Gasteiger partial charge in [0.25, 0.3) is 0 Å². The fraction of sp³-hybridized carbons (Fsp3) is 0. The van der Waals surface area contributed by atoms with E-state index >= 15 is 0 Å². The van der Waals surface area contributed by atoms with Crippen molar-refractivity contribution in [1.82, 2.24) is 0 Å². The first-order chi connectivity index (χ1) is 9.10. The molecule has 2 aromatic rings. The number of halogens is 1.